The van der Waals surface area contributed by atoms with E-state index < -0.39 is 9.85 Å². The van der Waals surface area contributed by atoms with Gasteiger partial charge in [-0.1, -0.05) is 43.2 Å². The van der Waals surface area contributed by atoms with Crippen molar-refractivity contribution in [3.63, 3.8) is 0 Å². The molecular weight excluding hydrogens is 348 g/mol. The Labute approximate surface area is 156 Å². The van der Waals surface area contributed by atoms with Gasteiger partial charge >= 0.3 is 5.69 Å². The molecule has 0 bridgehead atoms. The average Bonchev–Trinajstić information content (AvgIpc) is 2.92. The maximum atomic E-state index is 11.3. The maximum absolute atomic E-state index is 11.3. The van der Waals surface area contributed by atoms with E-state index in [9.17, 15) is 20.2 Å². The van der Waals surface area contributed by atoms with Gasteiger partial charge in [-0.15, -0.1) is 0 Å². The molecule has 27 heavy (non-hydrogen) atoms. The highest BCUT2D eigenvalue weighted by molar-refractivity contribution is 5.92. The molecule has 1 aliphatic rings. The highest BCUT2D eigenvalue weighted by atomic mass is 16.6. The van der Waals surface area contributed by atoms with Crippen molar-refractivity contribution in [2.75, 3.05) is 5.43 Å². The number of hydrogen-bond donors (Lipinski definition) is 1. The summed E-state index contributed by atoms with van der Waals surface area (Å²) in [6.07, 6.45) is 5.04. The molecule has 0 heterocycles. The predicted octanol–water partition coefficient (Wildman–Crippen LogP) is 5.02. The summed E-state index contributed by atoms with van der Waals surface area (Å²) >= 11 is 0. The number of anilines is 1. The molecule has 140 valence electrons. The molecule has 2 aromatic rings. The van der Waals surface area contributed by atoms with Crippen LogP contribution in [-0.4, -0.2) is 15.6 Å². The van der Waals surface area contributed by atoms with Crippen LogP contribution in [0.2, 0.25) is 0 Å². The first-order chi connectivity index (χ1) is 13.1. The van der Waals surface area contributed by atoms with Gasteiger partial charge in [0.05, 0.1) is 15.9 Å². The normalized spacial score (nSPS) is 18.7. The number of benzene rings is 2. The zero-order valence-corrected chi connectivity index (χ0v) is 14.7. The number of nitro benzene ring substituents is 2. The number of nitrogens with zero attached hydrogens (tertiary/aromatic N) is 3. The Kier molecular flexibility index (Phi) is 5.75. The van der Waals surface area contributed by atoms with E-state index in [4.69, 9.17) is 0 Å². The maximum Gasteiger partial charge on any atom is 0.301 e. The number of non-ortho nitro benzene ring substituents is 1. The summed E-state index contributed by atoms with van der Waals surface area (Å²) in [5.41, 5.74) is 4.37. The van der Waals surface area contributed by atoms with Crippen molar-refractivity contribution in [1.82, 2.24) is 0 Å². The van der Waals surface area contributed by atoms with Crippen LogP contribution in [0, 0.1) is 20.2 Å². The van der Waals surface area contributed by atoms with Crippen LogP contribution >= 0.6 is 0 Å². The Balaban J connectivity index is 1.90. The summed E-state index contributed by atoms with van der Waals surface area (Å²) in [7, 11) is 0. The quantitative estimate of drug-likeness (QED) is 0.452. The lowest BCUT2D eigenvalue weighted by atomic mass is 9.90. The van der Waals surface area contributed by atoms with Crippen LogP contribution in [0.1, 0.15) is 43.6 Å². The Morgan fingerprint density at radius 2 is 1.74 bits per heavy atom. The standard InChI is InChI=1S/C19H20N4O4/c24-22(25)15-11-12-18(19(13-15)23(26)27)21-20-17-10-6-2-5-9-16(17)14-7-3-1-4-8-14/h1,3-4,7-8,11-13,16,21H,2,5-6,9-10H2/b20-17+/t16-/m0/s1. The molecule has 0 radical (unpaired) electrons. The molecule has 0 amide bonds. The fourth-order valence-corrected chi connectivity index (χ4v) is 3.36. The summed E-state index contributed by atoms with van der Waals surface area (Å²) in [5, 5.41) is 26.6. The van der Waals surface area contributed by atoms with E-state index in [2.05, 4.69) is 22.7 Å². The lowest BCUT2D eigenvalue weighted by molar-refractivity contribution is -0.393. The fourth-order valence-electron chi connectivity index (χ4n) is 3.36. The Hall–Kier alpha value is -3.29. The van der Waals surface area contributed by atoms with Gasteiger partial charge in [0.25, 0.3) is 5.69 Å². The van der Waals surface area contributed by atoms with E-state index >= 15 is 0 Å². The van der Waals surface area contributed by atoms with Crippen LogP contribution in [-0.2, 0) is 0 Å². The van der Waals surface area contributed by atoms with Crippen molar-refractivity contribution in [3.8, 4) is 0 Å². The molecule has 0 spiro atoms. The topological polar surface area (TPSA) is 111 Å². The molecule has 1 atom stereocenters. The molecular formula is C19H20N4O4. The van der Waals surface area contributed by atoms with E-state index in [0.29, 0.717) is 0 Å². The van der Waals surface area contributed by atoms with Gasteiger partial charge in [0, 0.05) is 17.7 Å². The van der Waals surface area contributed by atoms with Crippen LogP contribution in [0.25, 0.3) is 0 Å². The van der Waals surface area contributed by atoms with Gasteiger partial charge in [-0.3, -0.25) is 25.7 Å². The molecule has 0 unspecified atom stereocenters. The molecule has 2 aromatic carbocycles. The van der Waals surface area contributed by atoms with E-state index in [1.165, 1.54) is 17.7 Å². The molecule has 8 nitrogen and oxygen atoms in total. The van der Waals surface area contributed by atoms with E-state index in [1.54, 1.807) is 0 Å². The predicted molar refractivity (Wildman–Crippen MR) is 103 cm³/mol. The third-order valence-corrected chi connectivity index (χ3v) is 4.74. The van der Waals surface area contributed by atoms with E-state index in [0.717, 1.165) is 43.9 Å². The second-order valence-corrected chi connectivity index (χ2v) is 6.49. The number of nitro groups is 2. The Morgan fingerprint density at radius 3 is 2.44 bits per heavy atom. The highest BCUT2D eigenvalue weighted by Crippen LogP contribution is 2.32. The lowest BCUT2D eigenvalue weighted by Gasteiger charge is -2.17. The summed E-state index contributed by atoms with van der Waals surface area (Å²) in [5.74, 6) is 0.165. The van der Waals surface area contributed by atoms with Gasteiger partial charge < -0.3 is 0 Å². The smallest absolute Gasteiger partial charge is 0.272 e. The molecule has 1 fully saturated rings. The lowest BCUT2D eigenvalue weighted by Crippen LogP contribution is -2.13. The van der Waals surface area contributed by atoms with Gasteiger partial charge in [0.1, 0.15) is 5.69 Å². The molecule has 0 aliphatic heterocycles. The number of hydrogen-bond acceptors (Lipinski definition) is 6. The van der Waals surface area contributed by atoms with Crippen molar-refractivity contribution in [1.29, 1.82) is 0 Å². The first-order valence-corrected chi connectivity index (χ1v) is 8.86. The second-order valence-electron chi connectivity index (χ2n) is 6.49. The zero-order valence-electron chi connectivity index (χ0n) is 14.7. The SMILES string of the molecule is O=[N+]([O-])c1ccc(N/N=C2\CCCCC[C@H]2c2ccccc2)c([N+](=O)[O-])c1. The van der Waals surface area contributed by atoms with Crippen molar-refractivity contribution >= 4 is 22.8 Å². The van der Waals surface area contributed by atoms with Crippen molar-refractivity contribution in [3.05, 3.63) is 74.3 Å². The molecule has 1 aliphatic carbocycles. The van der Waals surface area contributed by atoms with Crippen molar-refractivity contribution < 1.29 is 9.85 Å². The van der Waals surface area contributed by atoms with Crippen molar-refractivity contribution in [2.45, 2.75) is 38.0 Å². The fraction of sp³-hybridized carbons (Fsp3) is 0.316. The Bertz CT molecular complexity index is 867. The first kappa shape index (κ1) is 18.5. The van der Waals surface area contributed by atoms with Crippen LogP contribution in [0.15, 0.2) is 53.6 Å². The van der Waals surface area contributed by atoms with Gasteiger partial charge in [-0.2, -0.15) is 5.10 Å². The van der Waals surface area contributed by atoms with Crippen molar-refractivity contribution in [2.24, 2.45) is 5.10 Å². The molecule has 8 heteroatoms. The number of rotatable bonds is 5. The first-order valence-electron chi connectivity index (χ1n) is 8.86. The minimum atomic E-state index is -0.653. The summed E-state index contributed by atoms with van der Waals surface area (Å²) in [6.45, 7) is 0. The van der Waals surface area contributed by atoms with Gasteiger partial charge in [-0.25, -0.2) is 0 Å². The summed E-state index contributed by atoms with van der Waals surface area (Å²) in [4.78, 5) is 20.9. The van der Waals surface area contributed by atoms with E-state index in [-0.39, 0.29) is 23.0 Å². The van der Waals surface area contributed by atoms with Gasteiger partial charge in [0.2, 0.25) is 0 Å². The zero-order chi connectivity index (χ0) is 19.2. The minimum Gasteiger partial charge on any atom is -0.272 e. The van der Waals surface area contributed by atoms with Gasteiger partial charge in [0.15, 0.2) is 0 Å². The monoisotopic (exact) mass is 368 g/mol. The van der Waals surface area contributed by atoms with Crippen LogP contribution in [0.5, 0.6) is 0 Å². The minimum absolute atomic E-state index is 0.147. The largest absolute Gasteiger partial charge is 0.301 e. The van der Waals surface area contributed by atoms with E-state index in [1.807, 2.05) is 18.2 Å². The molecule has 1 saturated carbocycles. The number of hydrazone groups is 1. The third-order valence-electron chi connectivity index (χ3n) is 4.74. The van der Waals surface area contributed by atoms with Gasteiger partial charge in [-0.05, 0) is 30.9 Å². The highest BCUT2D eigenvalue weighted by Gasteiger charge is 2.23. The molecule has 1 N–H and O–H groups in total. The average molecular weight is 368 g/mol. The van der Waals surface area contributed by atoms with Crippen LogP contribution < -0.4 is 5.43 Å². The third kappa shape index (κ3) is 4.46. The Morgan fingerprint density at radius 1 is 0.963 bits per heavy atom. The summed E-state index contributed by atoms with van der Waals surface area (Å²) in [6, 6.07) is 13.6. The summed E-state index contributed by atoms with van der Waals surface area (Å²) < 4.78 is 0. The molecule has 0 saturated heterocycles. The van der Waals surface area contributed by atoms with Crippen LogP contribution in [0.3, 0.4) is 0 Å². The second kappa shape index (κ2) is 8.39. The van der Waals surface area contributed by atoms with Crippen LogP contribution in [0.4, 0.5) is 17.1 Å². The molecule has 3 rings (SSSR count). The molecule has 0 aromatic heterocycles. The number of nitrogens with one attached hydrogen (secondary N) is 1.